The molecule has 0 spiro atoms. The van der Waals surface area contributed by atoms with Gasteiger partial charge in [0.25, 0.3) is 0 Å². The van der Waals surface area contributed by atoms with Crippen LogP contribution in [0.1, 0.15) is 19.2 Å². The Hall–Kier alpha value is -1.30. The van der Waals surface area contributed by atoms with Gasteiger partial charge in [0, 0.05) is 12.5 Å². The van der Waals surface area contributed by atoms with Gasteiger partial charge in [-0.25, -0.2) is 9.97 Å². The minimum atomic E-state index is -0.278. The predicted octanol–water partition coefficient (Wildman–Crippen LogP) is 1.28. The third-order valence-corrected chi connectivity index (χ3v) is 2.69. The average molecular weight is 241 g/mol. The molecule has 0 unspecified atom stereocenters. The molecule has 16 heavy (non-hydrogen) atoms. The van der Waals surface area contributed by atoms with E-state index in [1.807, 2.05) is 6.92 Å². The maximum absolute atomic E-state index is 11.0. The molecule has 5 nitrogen and oxygen atoms in total. The van der Waals surface area contributed by atoms with Gasteiger partial charge in [-0.1, -0.05) is 18.7 Å². The van der Waals surface area contributed by atoms with Crippen molar-refractivity contribution in [1.29, 1.82) is 0 Å². The second-order valence-corrected chi connectivity index (χ2v) is 4.16. The second-order valence-electron chi connectivity index (χ2n) is 3.16. The largest absolute Gasteiger partial charge is 0.468 e. The van der Waals surface area contributed by atoms with Crippen LogP contribution in [0.25, 0.3) is 0 Å². The number of carbonyl (C=O) groups is 1. The fraction of sp³-hybridized carbons (Fsp3) is 0.500. The zero-order valence-electron chi connectivity index (χ0n) is 9.40. The van der Waals surface area contributed by atoms with Crippen LogP contribution in [-0.4, -0.2) is 28.8 Å². The van der Waals surface area contributed by atoms with E-state index in [2.05, 4.69) is 14.7 Å². The number of methoxy groups -OCH3 is 1. The molecule has 0 bridgehead atoms. The first-order valence-corrected chi connectivity index (χ1v) is 5.97. The molecule has 1 aromatic heterocycles. The SMILES string of the molecule is CCCc1nc(N)cc(SCC(=O)OC)n1. The summed E-state index contributed by atoms with van der Waals surface area (Å²) in [5.74, 6) is 1.11. The molecule has 0 atom stereocenters. The molecule has 1 rings (SSSR count). The van der Waals surface area contributed by atoms with E-state index in [1.165, 1.54) is 18.9 Å². The van der Waals surface area contributed by atoms with Gasteiger partial charge < -0.3 is 10.5 Å². The van der Waals surface area contributed by atoms with Crippen molar-refractivity contribution in [3.8, 4) is 0 Å². The van der Waals surface area contributed by atoms with Crippen molar-refractivity contribution in [2.75, 3.05) is 18.6 Å². The molecule has 0 radical (unpaired) electrons. The van der Waals surface area contributed by atoms with Crippen LogP contribution in [0.3, 0.4) is 0 Å². The number of hydrogen-bond donors (Lipinski definition) is 1. The van der Waals surface area contributed by atoms with Gasteiger partial charge >= 0.3 is 5.97 Å². The third kappa shape index (κ3) is 4.06. The molecule has 0 aliphatic heterocycles. The van der Waals surface area contributed by atoms with E-state index < -0.39 is 0 Å². The van der Waals surface area contributed by atoms with Gasteiger partial charge in [0.1, 0.15) is 16.7 Å². The smallest absolute Gasteiger partial charge is 0.316 e. The molecule has 88 valence electrons. The van der Waals surface area contributed by atoms with E-state index in [9.17, 15) is 4.79 Å². The van der Waals surface area contributed by atoms with Crippen LogP contribution in [0.4, 0.5) is 5.82 Å². The summed E-state index contributed by atoms with van der Waals surface area (Å²) >= 11 is 1.30. The van der Waals surface area contributed by atoms with Crippen molar-refractivity contribution in [2.24, 2.45) is 0 Å². The maximum atomic E-state index is 11.0. The molecule has 6 heteroatoms. The summed E-state index contributed by atoms with van der Waals surface area (Å²) < 4.78 is 4.55. The number of carbonyl (C=O) groups excluding carboxylic acids is 1. The minimum absolute atomic E-state index is 0.235. The van der Waals surface area contributed by atoms with E-state index in [1.54, 1.807) is 6.07 Å². The average Bonchev–Trinajstić information content (AvgIpc) is 2.25. The quantitative estimate of drug-likeness (QED) is 0.475. The molecule has 2 N–H and O–H groups in total. The zero-order valence-corrected chi connectivity index (χ0v) is 10.2. The Morgan fingerprint density at radius 2 is 2.31 bits per heavy atom. The van der Waals surface area contributed by atoms with Gasteiger partial charge in [-0.3, -0.25) is 4.79 Å². The summed E-state index contributed by atoms with van der Waals surface area (Å²) in [5.41, 5.74) is 5.65. The summed E-state index contributed by atoms with van der Waals surface area (Å²) in [7, 11) is 1.36. The number of nitrogens with zero attached hydrogens (tertiary/aromatic N) is 2. The Morgan fingerprint density at radius 3 is 2.94 bits per heavy atom. The number of esters is 1. The minimum Gasteiger partial charge on any atom is -0.468 e. The van der Waals surface area contributed by atoms with Gasteiger partial charge in [0.05, 0.1) is 12.9 Å². The summed E-state index contributed by atoms with van der Waals surface area (Å²) in [5, 5.41) is 0.710. The Balaban J connectivity index is 2.68. The van der Waals surface area contributed by atoms with Crippen LogP contribution < -0.4 is 5.73 Å². The second kappa shape index (κ2) is 6.32. The lowest BCUT2D eigenvalue weighted by Gasteiger charge is -2.04. The summed E-state index contributed by atoms with van der Waals surface area (Å²) in [4.78, 5) is 19.4. The number of nitrogens with two attached hydrogens (primary N) is 1. The first-order chi connectivity index (χ1) is 7.65. The molecule has 1 aromatic rings. The highest BCUT2D eigenvalue weighted by Gasteiger charge is 2.06. The molecule has 0 aliphatic carbocycles. The fourth-order valence-corrected chi connectivity index (χ4v) is 1.85. The van der Waals surface area contributed by atoms with Crippen molar-refractivity contribution in [3.63, 3.8) is 0 Å². The highest BCUT2D eigenvalue weighted by atomic mass is 32.2. The maximum Gasteiger partial charge on any atom is 0.316 e. The first-order valence-electron chi connectivity index (χ1n) is 4.98. The molecule has 0 saturated carbocycles. The van der Waals surface area contributed by atoms with E-state index >= 15 is 0 Å². The number of nitrogen functional groups attached to an aromatic ring is 1. The number of hydrogen-bond acceptors (Lipinski definition) is 6. The lowest BCUT2D eigenvalue weighted by atomic mass is 10.3. The Kier molecular flexibility index (Phi) is 5.04. The van der Waals surface area contributed by atoms with Crippen LogP contribution in [-0.2, 0) is 16.0 Å². The first kappa shape index (κ1) is 12.8. The topological polar surface area (TPSA) is 78.1 Å². The highest BCUT2D eigenvalue weighted by molar-refractivity contribution is 7.99. The molecule has 1 heterocycles. The van der Waals surface area contributed by atoms with E-state index in [0.717, 1.165) is 18.7 Å². The number of aromatic nitrogens is 2. The van der Waals surface area contributed by atoms with Crippen LogP contribution in [0, 0.1) is 0 Å². The van der Waals surface area contributed by atoms with E-state index in [-0.39, 0.29) is 11.7 Å². The lowest BCUT2D eigenvalue weighted by molar-refractivity contribution is -0.137. The normalized spacial score (nSPS) is 10.1. The molecule has 0 saturated heterocycles. The predicted molar refractivity (Wildman–Crippen MR) is 63.2 cm³/mol. The van der Waals surface area contributed by atoms with Crippen molar-refractivity contribution in [1.82, 2.24) is 9.97 Å². The van der Waals surface area contributed by atoms with Gasteiger partial charge in [-0.15, -0.1) is 0 Å². The van der Waals surface area contributed by atoms with Crippen LogP contribution in [0.5, 0.6) is 0 Å². The zero-order chi connectivity index (χ0) is 12.0. The summed E-state index contributed by atoms with van der Waals surface area (Å²) in [6, 6.07) is 1.66. The number of ether oxygens (including phenoxy) is 1. The van der Waals surface area contributed by atoms with Gasteiger partial charge in [0.2, 0.25) is 0 Å². The number of rotatable bonds is 5. The van der Waals surface area contributed by atoms with Crippen molar-refractivity contribution in [2.45, 2.75) is 24.8 Å². The van der Waals surface area contributed by atoms with Gasteiger partial charge in [0.15, 0.2) is 0 Å². The molecule has 0 fully saturated rings. The third-order valence-electron chi connectivity index (χ3n) is 1.81. The molecule has 0 aliphatic rings. The number of thioether (sulfide) groups is 1. The monoisotopic (exact) mass is 241 g/mol. The number of anilines is 1. The summed E-state index contributed by atoms with van der Waals surface area (Å²) in [6.45, 7) is 2.05. The van der Waals surface area contributed by atoms with Gasteiger partial charge in [-0.2, -0.15) is 0 Å². The summed E-state index contributed by atoms with van der Waals surface area (Å²) in [6.07, 6.45) is 1.75. The van der Waals surface area contributed by atoms with Crippen molar-refractivity contribution >= 4 is 23.5 Å². The Labute approximate surface area is 98.8 Å². The van der Waals surface area contributed by atoms with E-state index in [0.29, 0.717) is 10.8 Å². The number of aryl methyl sites for hydroxylation is 1. The van der Waals surface area contributed by atoms with Crippen LogP contribution in [0.15, 0.2) is 11.1 Å². The van der Waals surface area contributed by atoms with Crippen molar-refractivity contribution < 1.29 is 9.53 Å². The Morgan fingerprint density at radius 1 is 1.56 bits per heavy atom. The molecule has 0 aromatic carbocycles. The molecular weight excluding hydrogens is 226 g/mol. The van der Waals surface area contributed by atoms with Crippen LogP contribution in [0.2, 0.25) is 0 Å². The Bertz CT molecular complexity index is 371. The molecular formula is C10H15N3O2S. The van der Waals surface area contributed by atoms with Crippen LogP contribution >= 0.6 is 11.8 Å². The molecule has 0 amide bonds. The van der Waals surface area contributed by atoms with Crippen molar-refractivity contribution in [3.05, 3.63) is 11.9 Å². The van der Waals surface area contributed by atoms with E-state index in [4.69, 9.17) is 5.73 Å². The highest BCUT2D eigenvalue weighted by Crippen LogP contribution is 2.17. The standard InChI is InChI=1S/C10H15N3O2S/c1-3-4-8-12-7(11)5-9(13-8)16-6-10(14)15-2/h5H,3-4,6H2,1-2H3,(H2,11,12,13). The lowest BCUT2D eigenvalue weighted by Crippen LogP contribution is -2.05. The fourth-order valence-electron chi connectivity index (χ4n) is 1.09. The van der Waals surface area contributed by atoms with Gasteiger partial charge in [-0.05, 0) is 6.42 Å².